The molecule has 21 heavy (non-hydrogen) atoms. The van der Waals surface area contributed by atoms with Gasteiger partial charge < -0.3 is 4.89 Å². The fourth-order valence-electron chi connectivity index (χ4n) is 1.86. The lowest BCUT2D eigenvalue weighted by Crippen LogP contribution is -2.22. The van der Waals surface area contributed by atoms with E-state index in [1.165, 1.54) is 12.4 Å². The van der Waals surface area contributed by atoms with Gasteiger partial charge in [0.25, 0.3) is 0 Å². The number of rotatable bonds is 3. The Bertz CT molecular complexity index is 686. The standard InChI is InChI=1S/C14H16ClN2OPS2/c1-14(2,3)11-6-4-5-7-12(11)19(18,20)21-13-16-8-10(15)9-17-13/h4-9H,1-3H3,(H,18,20). The van der Waals surface area contributed by atoms with Gasteiger partial charge >= 0.3 is 0 Å². The SMILES string of the molecule is CC(C)(C)c1ccccc1P(O)(=S)Sc1ncc(Cl)cn1. The molecule has 0 amide bonds. The van der Waals surface area contributed by atoms with Gasteiger partial charge in [-0.2, -0.15) is 0 Å². The lowest BCUT2D eigenvalue weighted by atomic mass is 9.87. The summed E-state index contributed by atoms with van der Waals surface area (Å²) < 4.78 is 0. The van der Waals surface area contributed by atoms with Crippen LogP contribution in [0.4, 0.5) is 0 Å². The van der Waals surface area contributed by atoms with E-state index >= 15 is 0 Å². The second-order valence-corrected chi connectivity index (χ2v) is 12.5. The van der Waals surface area contributed by atoms with E-state index in [9.17, 15) is 4.89 Å². The summed E-state index contributed by atoms with van der Waals surface area (Å²) >= 11 is 12.4. The van der Waals surface area contributed by atoms with Crippen LogP contribution in [-0.4, -0.2) is 14.9 Å². The quantitative estimate of drug-likeness (QED) is 0.659. The van der Waals surface area contributed by atoms with Crippen LogP contribution in [-0.2, 0) is 17.2 Å². The molecule has 0 aliphatic carbocycles. The molecule has 1 atom stereocenters. The van der Waals surface area contributed by atoms with Crippen molar-refractivity contribution in [3.63, 3.8) is 0 Å². The molecule has 0 saturated heterocycles. The van der Waals surface area contributed by atoms with Gasteiger partial charge in [0, 0.05) is 5.30 Å². The van der Waals surface area contributed by atoms with Crippen LogP contribution in [0.3, 0.4) is 0 Å². The molecule has 1 aromatic heterocycles. The highest BCUT2D eigenvalue weighted by Crippen LogP contribution is 2.57. The number of aromatic nitrogens is 2. The van der Waals surface area contributed by atoms with E-state index < -0.39 is 5.47 Å². The Balaban J connectivity index is 2.40. The molecule has 3 nitrogen and oxygen atoms in total. The van der Waals surface area contributed by atoms with Crippen molar-refractivity contribution < 1.29 is 4.89 Å². The maximum Gasteiger partial charge on any atom is 0.195 e. The van der Waals surface area contributed by atoms with Crippen LogP contribution >= 0.6 is 28.4 Å². The molecule has 2 rings (SSSR count). The largest absolute Gasteiger partial charge is 0.354 e. The summed E-state index contributed by atoms with van der Waals surface area (Å²) in [5.74, 6) is 0. The third kappa shape index (κ3) is 4.27. The Hall–Kier alpha value is -0.450. The van der Waals surface area contributed by atoms with Gasteiger partial charge in [-0.3, -0.25) is 0 Å². The van der Waals surface area contributed by atoms with Crippen molar-refractivity contribution in [2.75, 3.05) is 0 Å². The molecule has 2 aromatic rings. The van der Waals surface area contributed by atoms with Crippen LogP contribution in [0.15, 0.2) is 41.8 Å². The van der Waals surface area contributed by atoms with Crippen LogP contribution in [0.2, 0.25) is 5.02 Å². The van der Waals surface area contributed by atoms with E-state index in [4.69, 9.17) is 23.4 Å². The van der Waals surface area contributed by atoms with Gasteiger partial charge in [0.2, 0.25) is 0 Å². The molecule has 1 unspecified atom stereocenters. The van der Waals surface area contributed by atoms with Crippen molar-refractivity contribution in [3.05, 3.63) is 47.2 Å². The van der Waals surface area contributed by atoms with E-state index in [2.05, 4.69) is 30.7 Å². The van der Waals surface area contributed by atoms with Gasteiger partial charge in [0.05, 0.1) is 17.4 Å². The van der Waals surface area contributed by atoms with E-state index in [1.54, 1.807) is 0 Å². The third-order valence-corrected chi connectivity index (χ3v) is 7.72. The molecule has 0 aliphatic rings. The maximum atomic E-state index is 10.8. The van der Waals surface area contributed by atoms with E-state index in [-0.39, 0.29) is 5.41 Å². The minimum atomic E-state index is -2.83. The monoisotopic (exact) mass is 358 g/mol. The summed E-state index contributed by atoms with van der Waals surface area (Å²) in [6.07, 6.45) is 3.00. The van der Waals surface area contributed by atoms with E-state index in [1.807, 2.05) is 24.3 Å². The molecule has 0 saturated carbocycles. The van der Waals surface area contributed by atoms with Crippen molar-refractivity contribution in [2.45, 2.75) is 31.3 Å². The second kappa shape index (κ2) is 6.35. The fourth-order valence-corrected chi connectivity index (χ4v) is 6.26. The number of hydrogen-bond acceptors (Lipinski definition) is 4. The lowest BCUT2D eigenvalue weighted by molar-refractivity contribution is 0.591. The van der Waals surface area contributed by atoms with E-state index in [0.717, 1.165) is 22.2 Å². The molecule has 112 valence electrons. The first-order chi connectivity index (χ1) is 9.70. The Morgan fingerprint density at radius 1 is 1.19 bits per heavy atom. The Kier molecular flexibility index (Phi) is 5.11. The van der Waals surface area contributed by atoms with Gasteiger partial charge in [-0.05, 0) is 22.4 Å². The molecule has 0 bridgehead atoms. The Morgan fingerprint density at radius 3 is 2.33 bits per heavy atom. The van der Waals surface area contributed by atoms with Crippen LogP contribution in [0.1, 0.15) is 26.3 Å². The first kappa shape index (κ1) is 16.9. The summed E-state index contributed by atoms with van der Waals surface area (Å²) in [5, 5.41) is 1.70. The van der Waals surface area contributed by atoms with Gasteiger partial charge in [-0.15, -0.1) is 0 Å². The molecule has 0 fully saturated rings. The molecule has 7 heteroatoms. The Labute approximate surface area is 139 Å². The van der Waals surface area contributed by atoms with Gasteiger partial charge in [-0.1, -0.05) is 68.4 Å². The van der Waals surface area contributed by atoms with Crippen molar-refractivity contribution >= 4 is 45.6 Å². The van der Waals surface area contributed by atoms with Crippen molar-refractivity contribution in [2.24, 2.45) is 0 Å². The molecule has 1 N–H and O–H groups in total. The van der Waals surface area contributed by atoms with Crippen LogP contribution < -0.4 is 5.30 Å². The highest BCUT2D eigenvalue weighted by Gasteiger charge is 2.27. The molecule has 0 spiro atoms. The number of hydrogen-bond donors (Lipinski definition) is 1. The number of nitrogens with zero attached hydrogens (tertiary/aromatic N) is 2. The van der Waals surface area contributed by atoms with E-state index in [0.29, 0.717) is 10.2 Å². The maximum absolute atomic E-state index is 10.8. The van der Waals surface area contributed by atoms with Crippen molar-refractivity contribution in [1.82, 2.24) is 9.97 Å². The highest BCUT2D eigenvalue weighted by atomic mass is 35.5. The van der Waals surface area contributed by atoms with Gasteiger partial charge in [-0.25, -0.2) is 9.97 Å². The third-order valence-electron chi connectivity index (χ3n) is 2.82. The summed E-state index contributed by atoms with van der Waals surface area (Å²) in [5.41, 5.74) is -1.87. The topological polar surface area (TPSA) is 46.0 Å². The second-order valence-electron chi connectivity index (χ2n) is 5.56. The smallest absolute Gasteiger partial charge is 0.195 e. The predicted octanol–water partition coefficient (Wildman–Crippen LogP) is 4.15. The number of halogens is 1. The molecule has 0 radical (unpaired) electrons. The van der Waals surface area contributed by atoms with Crippen LogP contribution in [0.5, 0.6) is 0 Å². The first-order valence-corrected chi connectivity index (χ1v) is 10.9. The minimum absolute atomic E-state index is 0.0925. The predicted molar refractivity (Wildman–Crippen MR) is 94.2 cm³/mol. The molecular formula is C14H16ClN2OPS2. The number of benzene rings is 1. The van der Waals surface area contributed by atoms with Crippen molar-refractivity contribution in [3.8, 4) is 0 Å². The molecule has 1 heterocycles. The summed E-state index contributed by atoms with van der Waals surface area (Å²) in [6.45, 7) is 6.31. The zero-order chi connectivity index (χ0) is 15.7. The van der Waals surface area contributed by atoms with Crippen LogP contribution in [0.25, 0.3) is 0 Å². The molecular weight excluding hydrogens is 343 g/mol. The minimum Gasteiger partial charge on any atom is -0.354 e. The highest BCUT2D eigenvalue weighted by molar-refractivity contribution is 8.71. The van der Waals surface area contributed by atoms with Crippen LogP contribution in [0, 0.1) is 0 Å². The zero-order valence-corrected chi connectivity index (χ0v) is 15.2. The zero-order valence-electron chi connectivity index (χ0n) is 11.9. The fraction of sp³-hybridized carbons (Fsp3) is 0.286. The Morgan fingerprint density at radius 2 is 1.76 bits per heavy atom. The summed E-state index contributed by atoms with van der Waals surface area (Å²) in [6, 6.07) is 7.76. The van der Waals surface area contributed by atoms with Gasteiger partial charge in [0.15, 0.2) is 10.6 Å². The first-order valence-electron chi connectivity index (χ1n) is 6.30. The average molecular weight is 359 g/mol. The lowest BCUT2D eigenvalue weighted by Gasteiger charge is -2.26. The van der Waals surface area contributed by atoms with Gasteiger partial charge in [0.1, 0.15) is 0 Å². The molecule has 0 aliphatic heterocycles. The molecule has 1 aromatic carbocycles. The summed E-state index contributed by atoms with van der Waals surface area (Å²) in [4.78, 5) is 19.0. The van der Waals surface area contributed by atoms with Crippen molar-refractivity contribution in [1.29, 1.82) is 0 Å². The summed E-state index contributed by atoms with van der Waals surface area (Å²) in [7, 11) is 0. The normalized spacial score (nSPS) is 14.7. The average Bonchev–Trinajstić information content (AvgIpc) is 2.40.